The highest BCUT2D eigenvalue weighted by atomic mass is 19.1. The third-order valence-electron chi connectivity index (χ3n) is 4.37. The number of nitrogens with one attached hydrogen (secondary N) is 2. The van der Waals surface area contributed by atoms with Crippen LogP contribution in [0.1, 0.15) is 43.2 Å². The van der Waals surface area contributed by atoms with E-state index in [0.717, 1.165) is 22.8 Å². The van der Waals surface area contributed by atoms with Gasteiger partial charge in [-0.15, -0.1) is 0 Å². The maximum absolute atomic E-state index is 13.7. The minimum atomic E-state index is -0.273. The number of ether oxygens (including phenoxy) is 2. The third kappa shape index (κ3) is 4.13. The molecule has 1 fully saturated rings. The van der Waals surface area contributed by atoms with Crippen molar-refractivity contribution in [3.8, 4) is 5.75 Å². The van der Waals surface area contributed by atoms with Crippen molar-refractivity contribution in [2.45, 2.75) is 51.3 Å². The molecule has 1 aliphatic carbocycles. The van der Waals surface area contributed by atoms with E-state index >= 15 is 0 Å². The molecule has 23 heavy (non-hydrogen) atoms. The first-order valence-electron chi connectivity index (χ1n) is 8.25. The van der Waals surface area contributed by atoms with Crippen LogP contribution in [0.2, 0.25) is 0 Å². The first kappa shape index (κ1) is 16.1. The summed E-state index contributed by atoms with van der Waals surface area (Å²) in [4.78, 5) is 4.27. The highest BCUT2D eigenvalue weighted by molar-refractivity contribution is 5.80. The number of hydrogen-bond acceptors (Lipinski definition) is 3. The fourth-order valence-electron chi connectivity index (χ4n) is 3.20. The van der Waals surface area contributed by atoms with Crippen molar-refractivity contribution < 1.29 is 13.9 Å². The molecule has 6 heteroatoms. The lowest BCUT2D eigenvalue weighted by Gasteiger charge is -2.25. The quantitative estimate of drug-likeness (QED) is 0.664. The minimum Gasteiger partial charge on any atom is -0.467 e. The van der Waals surface area contributed by atoms with Crippen LogP contribution in [0, 0.1) is 5.82 Å². The highest BCUT2D eigenvalue weighted by Crippen LogP contribution is 2.29. The summed E-state index contributed by atoms with van der Waals surface area (Å²) in [5.74, 6) is 1.20. The Bertz CT molecular complexity index is 571. The van der Waals surface area contributed by atoms with Crippen molar-refractivity contribution in [3.05, 3.63) is 29.1 Å². The Morgan fingerprint density at radius 3 is 2.91 bits per heavy atom. The number of benzene rings is 1. The lowest BCUT2D eigenvalue weighted by Crippen LogP contribution is -2.43. The lowest BCUT2D eigenvalue weighted by molar-refractivity contribution is -0.0172. The Morgan fingerprint density at radius 1 is 1.30 bits per heavy atom. The number of fused-ring (bicyclic) bond motifs is 1. The minimum absolute atomic E-state index is 0.209. The van der Waals surface area contributed by atoms with Gasteiger partial charge in [-0.05, 0) is 25.0 Å². The molecule has 0 amide bonds. The average Bonchev–Trinajstić information content (AvgIpc) is 2.59. The predicted molar refractivity (Wildman–Crippen MR) is 86.9 cm³/mol. The van der Waals surface area contributed by atoms with Crippen LogP contribution in [0.25, 0.3) is 0 Å². The van der Waals surface area contributed by atoms with Crippen LogP contribution in [0.15, 0.2) is 17.1 Å². The zero-order chi connectivity index (χ0) is 16.1. The van der Waals surface area contributed by atoms with Gasteiger partial charge in [-0.25, -0.2) is 4.39 Å². The molecule has 0 aromatic heterocycles. The predicted octanol–water partition coefficient (Wildman–Crippen LogP) is 2.69. The van der Waals surface area contributed by atoms with Gasteiger partial charge in [0.05, 0.1) is 6.61 Å². The summed E-state index contributed by atoms with van der Waals surface area (Å²) in [7, 11) is 1.75. The molecule has 1 aromatic rings. The van der Waals surface area contributed by atoms with E-state index < -0.39 is 0 Å². The Hall–Kier alpha value is -1.82. The Kier molecular flexibility index (Phi) is 5.33. The van der Waals surface area contributed by atoms with Crippen molar-refractivity contribution in [1.82, 2.24) is 10.6 Å². The topological polar surface area (TPSA) is 54.9 Å². The molecule has 0 unspecified atom stereocenters. The number of rotatable bonds is 3. The largest absolute Gasteiger partial charge is 0.467 e. The molecule has 5 nitrogen and oxygen atoms in total. The van der Waals surface area contributed by atoms with Crippen LogP contribution in [0.5, 0.6) is 5.75 Å². The number of guanidine groups is 1. The van der Waals surface area contributed by atoms with Gasteiger partial charge in [0.25, 0.3) is 0 Å². The summed E-state index contributed by atoms with van der Waals surface area (Å²) < 4.78 is 24.5. The third-order valence-corrected chi connectivity index (χ3v) is 4.37. The molecule has 126 valence electrons. The molecule has 0 bridgehead atoms. The normalized spacial score (nSPS) is 19.0. The summed E-state index contributed by atoms with van der Waals surface area (Å²) in [5, 5.41) is 6.71. The van der Waals surface area contributed by atoms with Crippen LogP contribution in [-0.4, -0.2) is 25.8 Å². The number of hydrogen-bond donors (Lipinski definition) is 2. The monoisotopic (exact) mass is 321 g/mol. The van der Waals surface area contributed by atoms with E-state index in [9.17, 15) is 4.39 Å². The summed E-state index contributed by atoms with van der Waals surface area (Å²) in [6, 6.07) is 3.44. The van der Waals surface area contributed by atoms with Gasteiger partial charge < -0.3 is 20.1 Å². The average molecular weight is 321 g/mol. The standard InChI is InChI=1S/C17H24FN3O2/c1-19-17(21-15-5-3-2-4-6-15)20-9-12-7-14(18)8-13-10-22-11-23-16(12)13/h7-8,15H,2-6,9-11H2,1H3,(H2,19,20,21). The maximum Gasteiger partial charge on any atom is 0.191 e. The van der Waals surface area contributed by atoms with Crippen LogP contribution in [-0.2, 0) is 17.9 Å². The van der Waals surface area contributed by atoms with E-state index in [2.05, 4.69) is 15.6 Å². The molecule has 0 saturated heterocycles. The second-order valence-electron chi connectivity index (χ2n) is 6.07. The van der Waals surface area contributed by atoms with Gasteiger partial charge in [0.15, 0.2) is 12.8 Å². The van der Waals surface area contributed by atoms with Crippen molar-refractivity contribution >= 4 is 5.96 Å². The summed E-state index contributed by atoms with van der Waals surface area (Å²) in [6.07, 6.45) is 6.20. The maximum atomic E-state index is 13.7. The lowest BCUT2D eigenvalue weighted by atomic mass is 9.96. The fraction of sp³-hybridized carbons (Fsp3) is 0.588. The van der Waals surface area contributed by atoms with Gasteiger partial charge >= 0.3 is 0 Å². The van der Waals surface area contributed by atoms with Crippen molar-refractivity contribution in [2.24, 2.45) is 4.99 Å². The summed E-state index contributed by atoms with van der Waals surface area (Å²) >= 11 is 0. The van der Waals surface area contributed by atoms with Gasteiger partial charge in [0, 0.05) is 30.8 Å². The number of nitrogens with zero attached hydrogens (tertiary/aromatic N) is 1. The summed E-state index contributed by atoms with van der Waals surface area (Å²) in [5.41, 5.74) is 1.54. The number of aliphatic imine (C=N–C) groups is 1. The molecule has 1 heterocycles. The fourth-order valence-corrected chi connectivity index (χ4v) is 3.20. The molecule has 2 aliphatic rings. The van der Waals surface area contributed by atoms with E-state index in [1.807, 2.05) is 0 Å². The van der Waals surface area contributed by atoms with Crippen molar-refractivity contribution in [2.75, 3.05) is 13.8 Å². The molecule has 1 aliphatic heterocycles. The zero-order valence-corrected chi connectivity index (χ0v) is 13.5. The van der Waals surface area contributed by atoms with E-state index in [-0.39, 0.29) is 12.6 Å². The Morgan fingerprint density at radius 2 is 2.13 bits per heavy atom. The molecule has 1 aromatic carbocycles. The molecule has 2 N–H and O–H groups in total. The van der Waals surface area contributed by atoms with Gasteiger partial charge in [0.2, 0.25) is 0 Å². The Balaban J connectivity index is 1.63. The van der Waals surface area contributed by atoms with Crippen LogP contribution >= 0.6 is 0 Å². The molecule has 0 radical (unpaired) electrons. The first-order chi connectivity index (χ1) is 11.3. The van der Waals surface area contributed by atoms with Gasteiger partial charge in [-0.3, -0.25) is 4.99 Å². The van der Waals surface area contributed by atoms with E-state index in [0.29, 0.717) is 19.2 Å². The zero-order valence-electron chi connectivity index (χ0n) is 13.5. The molecule has 1 saturated carbocycles. The SMILES string of the molecule is CN=C(NCc1cc(F)cc2c1OCOC2)NC1CCCCC1. The van der Waals surface area contributed by atoms with Crippen LogP contribution in [0.3, 0.4) is 0 Å². The second kappa shape index (κ2) is 7.64. The van der Waals surface area contributed by atoms with Gasteiger partial charge in [-0.2, -0.15) is 0 Å². The highest BCUT2D eigenvalue weighted by Gasteiger charge is 2.18. The molecular formula is C17H24FN3O2. The van der Waals surface area contributed by atoms with Gasteiger partial charge in [-0.1, -0.05) is 19.3 Å². The number of halogens is 1. The van der Waals surface area contributed by atoms with Gasteiger partial charge in [0.1, 0.15) is 11.6 Å². The Labute approximate surface area is 136 Å². The molecule has 0 atom stereocenters. The van der Waals surface area contributed by atoms with E-state index in [1.165, 1.54) is 44.2 Å². The van der Waals surface area contributed by atoms with Crippen LogP contribution < -0.4 is 15.4 Å². The van der Waals surface area contributed by atoms with E-state index in [1.54, 1.807) is 7.05 Å². The second-order valence-corrected chi connectivity index (χ2v) is 6.07. The van der Waals surface area contributed by atoms with Crippen molar-refractivity contribution in [3.63, 3.8) is 0 Å². The van der Waals surface area contributed by atoms with Crippen molar-refractivity contribution in [1.29, 1.82) is 0 Å². The smallest absolute Gasteiger partial charge is 0.191 e. The van der Waals surface area contributed by atoms with Crippen LogP contribution in [0.4, 0.5) is 4.39 Å². The molecular weight excluding hydrogens is 297 g/mol. The molecule has 0 spiro atoms. The first-order valence-corrected chi connectivity index (χ1v) is 8.25. The summed E-state index contributed by atoms with van der Waals surface area (Å²) in [6.45, 7) is 1.06. The molecule has 3 rings (SSSR count). The van der Waals surface area contributed by atoms with E-state index in [4.69, 9.17) is 9.47 Å².